The van der Waals surface area contributed by atoms with Crippen molar-refractivity contribution in [2.24, 2.45) is 11.5 Å². The number of ether oxygens (including phenoxy) is 1. The van der Waals surface area contributed by atoms with Crippen molar-refractivity contribution in [3.8, 4) is 17.0 Å². The van der Waals surface area contributed by atoms with Crippen LogP contribution in [0.4, 0.5) is 10.6 Å². The molecule has 3 amide bonds. The van der Waals surface area contributed by atoms with Gasteiger partial charge in [0.15, 0.2) is 0 Å². The molecule has 0 spiro atoms. The van der Waals surface area contributed by atoms with E-state index in [4.69, 9.17) is 16.2 Å². The van der Waals surface area contributed by atoms with Crippen LogP contribution < -0.4 is 21.5 Å². The molecule has 3 aromatic rings. The number of amides is 3. The van der Waals surface area contributed by atoms with Gasteiger partial charge in [-0.15, -0.1) is 0 Å². The molecule has 0 saturated carbocycles. The molecule has 26 heavy (non-hydrogen) atoms. The van der Waals surface area contributed by atoms with Gasteiger partial charge in [0, 0.05) is 23.5 Å². The number of anilines is 1. The molecule has 3 rings (SSSR count). The Morgan fingerprint density at radius 2 is 1.96 bits per heavy atom. The summed E-state index contributed by atoms with van der Waals surface area (Å²) in [7, 11) is 0. The number of aromatic nitrogens is 2. The van der Waals surface area contributed by atoms with E-state index in [0.29, 0.717) is 23.6 Å². The molecule has 6 N–H and O–H groups in total. The summed E-state index contributed by atoms with van der Waals surface area (Å²) in [6.07, 6.45) is 3.41. The Hall–Kier alpha value is -3.81. The zero-order valence-corrected chi connectivity index (χ0v) is 13.7. The number of hydrogen-bond acceptors (Lipinski definition) is 4. The first-order valence-corrected chi connectivity index (χ1v) is 7.75. The summed E-state index contributed by atoms with van der Waals surface area (Å²) in [5.41, 5.74) is 12.8. The van der Waals surface area contributed by atoms with Gasteiger partial charge in [0.25, 0.3) is 5.91 Å². The van der Waals surface area contributed by atoms with E-state index in [1.165, 1.54) is 0 Å². The lowest BCUT2D eigenvalue weighted by atomic mass is 10.1. The Morgan fingerprint density at radius 1 is 1.15 bits per heavy atom. The van der Waals surface area contributed by atoms with Crippen molar-refractivity contribution in [3.05, 3.63) is 66.0 Å². The highest BCUT2D eigenvalue weighted by Gasteiger charge is 2.17. The Kier molecular flexibility index (Phi) is 4.84. The highest BCUT2D eigenvalue weighted by molar-refractivity contribution is 6.03. The highest BCUT2D eigenvalue weighted by atomic mass is 16.5. The van der Waals surface area contributed by atoms with Crippen molar-refractivity contribution in [2.75, 3.05) is 5.32 Å². The minimum Gasteiger partial charge on any atom is -0.488 e. The van der Waals surface area contributed by atoms with Crippen LogP contribution in [-0.4, -0.2) is 21.9 Å². The Morgan fingerprint density at radius 3 is 2.65 bits per heavy atom. The normalized spacial score (nSPS) is 10.3. The van der Waals surface area contributed by atoms with Gasteiger partial charge >= 0.3 is 6.03 Å². The number of nitrogens with zero attached hydrogens (tertiary/aromatic N) is 1. The van der Waals surface area contributed by atoms with Crippen LogP contribution >= 0.6 is 0 Å². The van der Waals surface area contributed by atoms with Gasteiger partial charge in [-0.2, -0.15) is 0 Å². The van der Waals surface area contributed by atoms with E-state index in [1.54, 1.807) is 24.5 Å². The number of pyridine rings is 1. The second kappa shape index (κ2) is 7.39. The molecule has 0 bridgehead atoms. The van der Waals surface area contributed by atoms with Crippen molar-refractivity contribution >= 4 is 17.8 Å². The Balaban J connectivity index is 1.92. The summed E-state index contributed by atoms with van der Waals surface area (Å²) in [5.74, 6) is 0.0475. The number of para-hydroxylation sites is 1. The van der Waals surface area contributed by atoms with Gasteiger partial charge in [0.2, 0.25) is 0 Å². The van der Waals surface area contributed by atoms with Gasteiger partial charge in [-0.3, -0.25) is 15.1 Å². The molecule has 0 aliphatic rings. The lowest BCUT2D eigenvalue weighted by molar-refractivity contribution is 0.100. The number of benzene rings is 1. The third-order valence-electron chi connectivity index (χ3n) is 3.63. The first-order valence-electron chi connectivity index (χ1n) is 7.75. The summed E-state index contributed by atoms with van der Waals surface area (Å²) in [6, 6.07) is 11.8. The minimum atomic E-state index is -0.804. The van der Waals surface area contributed by atoms with Crippen LogP contribution in [-0.2, 0) is 6.61 Å². The molecule has 0 unspecified atom stereocenters. The van der Waals surface area contributed by atoms with E-state index in [-0.39, 0.29) is 11.4 Å². The number of carbonyl (C=O) groups excluding carboxylic acids is 2. The first kappa shape index (κ1) is 17.0. The summed E-state index contributed by atoms with van der Waals surface area (Å²) < 4.78 is 5.88. The van der Waals surface area contributed by atoms with Gasteiger partial charge in [-0.1, -0.05) is 18.2 Å². The van der Waals surface area contributed by atoms with E-state index in [0.717, 1.165) is 5.56 Å². The number of hydrogen-bond donors (Lipinski definition) is 4. The molecule has 2 aromatic heterocycles. The third-order valence-corrected chi connectivity index (χ3v) is 3.63. The lowest BCUT2D eigenvalue weighted by Gasteiger charge is -2.10. The molecule has 0 saturated heterocycles. The number of urea groups is 1. The number of carbonyl (C=O) groups is 2. The molecule has 0 aliphatic heterocycles. The second-order valence-corrected chi connectivity index (χ2v) is 5.47. The fourth-order valence-corrected chi connectivity index (χ4v) is 2.48. The molecule has 0 aliphatic carbocycles. The van der Waals surface area contributed by atoms with E-state index >= 15 is 0 Å². The fraction of sp³-hybridized carbons (Fsp3) is 0.0556. The quantitative estimate of drug-likeness (QED) is 0.541. The third kappa shape index (κ3) is 3.81. The lowest BCUT2D eigenvalue weighted by Crippen LogP contribution is -2.22. The number of rotatable bonds is 6. The largest absolute Gasteiger partial charge is 0.488 e. The summed E-state index contributed by atoms with van der Waals surface area (Å²) in [5, 5.41) is 2.36. The topological polar surface area (TPSA) is 136 Å². The minimum absolute atomic E-state index is 0.126. The molecular weight excluding hydrogens is 334 g/mol. The van der Waals surface area contributed by atoms with Gasteiger partial charge in [0.05, 0.1) is 11.3 Å². The number of primary amides is 2. The summed E-state index contributed by atoms with van der Waals surface area (Å²) >= 11 is 0. The van der Waals surface area contributed by atoms with Crippen molar-refractivity contribution in [3.63, 3.8) is 0 Å². The van der Waals surface area contributed by atoms with Crippen molar-refractivity contribution < 1.29 is 14.3 Å². The standard InChI is InChI=1S/C18H17N5O3/c19-16(24)13-8-14(22-17(13)23-18(20)25)12-5-1-2-6-15(12)26-10-11-4-3-7-21-9-11/h1-9,22H,10H2,(H2,19,24)(H3,20,23,25). The predicted octanol–water partition coefficient (Wildman–Crippen LogP) is 2.25. The van der Waals surface area contributed by atoms with Gasteiger partial charge in [-0.25, -0.2) is 4.79 Å². The Labute approximate surface area is 149 Å². The van der Waals surface area contributed by atoms with Gasteiger partial charge < -0.3 is 21.2 Å². The average molecular weight is 351 g/mol. The van der Waals surface area contributed by atoms with Crippen LogP contribution in [0.5, 0.6) is 5.75 Å². The van der Waals surface area contributed by atoms with Crippen LogP contribution in [0, 0.1) is 0 Å². The molecule has 0 atom stereocenters. The van der Waals surface area contributed by atoms with Gasteiger partial charge in [0.1, 0.15) is 18.2 Å². The van der Waals surface area contributed by atoms with Crippen LogP contribution in [0.1, 0.15) is 15.9 Å². The molecule has 0 radical (unpaired) electrons. The maximum atomic E-state index is 11.6. The second-order valence-electron chi connectivity index (χ2n) is 5.47. The monoisotopic (exact) mass is 351 g/mol. The predicted molar refractivity (Wildman–Crippen MR) is 96.5 cm³/mol. The zero-order chi connectivity index (χ0) is 18.5. The number of nitrogens with two attached hydrogens (primary N) is 2. The molecule has 0 fully saturated rings. The first-order chi connectivity index (χ1) is 12.5. The molecule has 2 heterocycles. The van der Waals surface area contributed by atoms with E-state index in [9.17, 15) is 9.59 Å². The molecule has 1 aromatic carbocycles. The van der Waals surface area contributed by atoms with E-state index in [2.05, 4.69) is 15.3 Å². The van der Waals surface area contributed by atoms with Gasteiger partial charge in [-0.05, 0) is 24.3 Å². The van der Waals surface area contributed by atoms with E-state index in [1.807, 2.05) is 30.3 Å². The smallest absolute Gasteiger partial charge is 0.317 e. The molecule has 132 valence electrons. The molecule has 8 heteroatoms. The fourth-order valence-electron chi connectivity index (χ4n) is 2.48. The highest BCUT2D eigenvalue weighted by Crippen LogP contribution is 2.32. The van der Waals surface area contributed by atoms with Crippen LogP contribution in [0.15, 0.2) is 54.9 Å². The van der Waals surface area contributed by atoms with Crippen LogP contribution in [0.3, 0.4) is 0 Å². The summed E-state index contributed by atoms with van der Waals surface area (Å²) in [6.45, 7) is 0.334. The molecular formula is C18H17N5O3. The van der Waals surface area contributed by atoms with Crippen molar-refractivity contribution in [1.82, 2.24) is 9.97 Å². The number of H-pyrrole nitrogens is 1. The van der Waals surface area contributed by atoms with Crippen molar-refractivity contribution in [1.29, 1.82) is 0 Å². The van der Waals surface area contributed by atoms with Crippen LogP contribution in [0.25, 0.3) is 11.3 Å². The number of aromatic amines is 1. The van der Waals surface area contributed by atoms with E-state index < -0.39 is 11.9 Å². The molecule has 8 nitrogen and oxygen atoms in total. The summed E-state index contributed by atoms with van der Waals surface area (Å²) in [4.78, 5) is 29.7. The number of nitrogens with one attached hydrogen (secondary N) is 2. The van der Waals surface area contributed by atoms with Crippen LogP contribution in [0.2, 0.25) is 0 Å². The Bertz CT molecular complexity index is 937. The SMILES string of the molecule is NC(=O)Nc1[nH]c(-c2ccccc2OCc2cccnc2)cc1C(N)=O. The maximum absolute atomic E-state index is 11.6. The zero-order valence-electron chi connectivity index (χ0n) is 13.7. The van der Waals surface area contributed by atoms with Crippen molar-refractivity contribution in [2.45, 2.75) is 6.61 Å². The average Bonchev–Trinajstić information content (AvgIpc) is 3.04. The maximum Gasteiger partial charge on any atom is 0.317 e.